The van der Waals surface area contributed by atoms with Gasteiger partial charge in [-0.05, 0) is 42.6 Å². The van der Waals surface area contributed by atoms with E-state index < -0.39 is 0 Å². The topological polar surface area (TPSA) is 49.6 Å². The molecule has 0 N–H and O–H groups in total. The highest BCUT2D eigenvalue weighted by molar-refractivity contribution is 7.99. The molecule has 1 aliphatic carbocycles. The smallest absolute Gasteiger partial charge is 0.128 e. The molecule has 3 nitrogen and oxygen atoms in total. The summed E-state index contributed by atoms with van der Waals surface area (Å²) in [5, 5.41) is 11.1. The molecule has 1 atom stereocenters. The summed E-state index contributed by atoms with van der Waals surface area (Å²) in [6, 6.07) is 2.21. The molecule has 0 amide bonds. The van der Waals surface area contributed by atoms with Crippen LogP contribution in [0, 0.1) is 22.7 Å². The van der Waals surface area contributed by atoms with Crippen molar-refractivity contribution in [2.75, 3.05) is 5.75 Å². The highest BCUT2D eigenvalue weighted by Gasteiger charge is 2.31. The molecule has 2 heterocycles. The Balaban J connectivity index is 1.88. The second-order valence-corrected chi connectivity index (χ2v) is 9.45. The summed E-state index contributed by atoms with van der Waals surface area (Å²) >= 11 is 3.64. The van der Waals surface area contributed by atoms with Crippen LogP contribution in [0.15, 0.2) is 11.4 Å². The Kier molecular flexibility index (Phi) is 4.93. The third-order valence-electron chi connectivity index (χ3n) is 4.71. The van der Waals surface area contributed by atoms with Gasteiger partial charge in [-0.3, -0.25) is 0 Å². The van der Waals surface area contributed by atoms with Crippen molar-refractivity contribution >= 4 is 33.3 Å². The minimum absolute atomic E-state index is 0.369. The van der Waals surface area contributed by atoms with Gasteiger partial charge in [-0.1, -0.05) is 20.8 Å². The van der Waals surface area contributed by atoms with E-state index in [2.05, 4.69) is 36.8 Å². The first-order valence-electron chi connectivity index (χ1n) is 8.25. The van der Waals surface area contributed by atoms with Gasteiger partial charge in [0.2, 0.25) is 0 Å². The van der Waals surface area contributed by atoms with Crippen molar-refractivity contribution in [3.05, 3.63) is 16.8 Å². The molecule has 122 valence electrons. The van der Waals surface area contributed by atoms with Crippen molar-refractivity contribution in [1.29, 1.82) is 5.26 Å². The molecule has 0 aromatic carbocycles. The van der Waals surface area contributed by atoms with E-state index in [1.54, 1.807) is 18.1 Å². The van der Waals surface area contributed by atoms with Gasteiger partial charge < -0.3 is 0 Å². The molecule has 0 saturated heterocycles. The average Bonchev–Trinajstić information content (AvgIpc) is 2.89. The number of aryl methyl sites for hydroxylation is 1. The van der Waals surface area contributed by atoms with E-state index in [0.717, 1.165) is 34.4 Å². The van der Waals surface area contributed by atoms with Gasteiger partial charge in [0.05, 0.1) is 6.07 Å². The Morgan fingerprint density at radius 2 is 2.22 bits per heavy atom. The standard InChI is InChI=1S/C18H23N3S2/c1-18(2,3)12-6-7-13-14(10-12)23-17-15(13)16(20-11-21-17)22-9-5-4-8-19/h11-12H,4-7,9-10H2,1-3H3. The molecule has 0 radical (unpaired) electrons. The van der Waals surface area contributed by atoms with Crippen LogP contribution in [0.5, 0.6) is 0 Å². The van der Waals surface area contributed by atoms with E-state index in [4.69, 9.17) is 5.26 Å². The molecule has 0 aliphatic heterocycles. The highest BCUT2D eigenvalue weighted by Crippen LogP contribution is 2.44. The molecular formula is C18H23N3S2. The summed E-state index contributed by atoms with van der Waals surface area (Å²) in [6.07, 6.45) is 6.82. The lowest BCUT2D eigenvalue weighted by Crippen LogP contribution is -2.26. The van der Waals surface area contributed by atoms with Gasteiger partial charge in [0.15, 0.2) is 0 Å². The van der Waals surface area contributed by atoms with E-state index in [1.165, 1.54) is 28.7 Å². The second kappa shape index (κ2) is 6.78. The van der Waals surface area contributed by atoms with Crippen molar-refractivity contribution in [1.82, 2.24) is 9.97 Å². The van der Waals surface area contributed by atoms with Crippen LogP contribution in [0.2, 0.25) is 0 Å². The Labute approximate surface area is 146 Å². The number of thiophene rings is 1. The first-order chi connectivity index (χ1) is 11.0. The van der Waals surface area contributed by atoms with E-state index in [-0.39, 0.29) is 0 Å². The van der Waals surface area contributed by atoms with E-state index in [0.29, 0.717) is 11.8 Å². The maximum atomic E-state index is 8.67. The third-order valence-corrected chi connectivity index (χ3v) is 6.95. The fraction of sp³-hybridized carbons (Fsp3) is 0.611. The van der Waals surface area contributed by atoms with Crippen LogP contribution < -0.4 is 0 Å². The minimum Gasteiger partial charge on any atom is -0.229 e. The maximum absolute atomic E-state index is 8.67. The fourth-order valence-electron chi connectivity index (χ4n) is 3.25. The predicted molar refractivity (Wildman–Crippen MR) is 98.0 cm³/mol. The van der Waals surface area contributed by atoms with Gasteiger partial charge in [-0.15, -0.1) is 23.1 Å². The number of nitrogens with zero attached hydrogens (tertiary/aromatic N) is 3. The lowest BCUT2D eigenvalue weighted by molar-refractivity contribution is 0.218. The number of fused-ring (bicyclic) bond motifs is 3. The Bertz CT molecular complexity index is 737. The molecule has 5 heteroatoms. The monoisotopic (exact) mass is 345 g/mol. The number of nitriles is 1. The molecule has 0 fully saturated rings. The first-order valence-corrected chi connectivity index (χ1v) is 10.1. The van der Waals surface area contributed by atoms with Crippen LogP contribution in [0.4, 0.5) is 0 Å². The van der Waals surface area contributed by atoms with Gasteiger partial charge in [0.25, 0.3) is 0 Å². The predicted octanol–water partition coefficient (Wildman–Crippen LogP) is 5.24. The number of rotatable bonds is 4. The SMILES string of the molecule is CC(C)(C)C1CCc2c(sc3ncnc(SCCCC#N)c23)C1. The van der Waals surface area contributed by atoms with E-state index in [9.17, 15) is 0 Å². The summed E-state index contributed by atoms with van der Waals surface area (Å²) in [5.74, 6) is 1.71. The molecule has 1 unspecified atom stereocenters. The van der Waals surface area contributed by atoms with Crippen LogP contribution in [-0.4, -0.2) is 15.7 Å². The molecule has 3 rings (SSSR count). The zero-order valence-corrected chi connectivity index (χ0v) is 15.7. The highest BCUT2D eigenvalue weighted by atomic mass is 32.2. The average molecular weight is 346 g/mol. The molecule has 1 aliphatic rings. The molecule has 0 spiro atoms. The Morgan fingerprint density at radius 1 is 1.39 bits per heavy atom. The summed E-state index contributed by atoms with van der Waals surface area (Å²) < 4.78 is 0. The Hall–Kier alpha value is -1.12. The molecule has 0 bridgehead atoms. The number of hydrogen-bond donors (Lipinski definition) is 0. The van der Waals surface area contributed by atoms with Crippen LogP contribution in [0.3, 0.4) is 0 Å². The van der Waals surface area contributed by atoms with Gasteiger partial charge in [-0.25, -0.2) is 9.97 Å². The summed E-state index contributed by atoms with van der Waals surface area (Å²) in [4.78, 5) is 11.7. The van der Waals surface area contributed by atoms with Gasteiger partial charge in [0, 0.05) is 22.4 Å². The Morgan fingerprint density at radius 3 is 2.96 bits per heavy atom. The molecule has 0 saturated carbocycles. The summed E-state index contributed by atoms with van der Waals surface area (Å²) in [7, 11) is 0. The maximum Gasteiger partial charge on any atom is 0.128 e. The fourth-order valence-corrected chi connectivity index (χ4v) is 5.55. The van der Waals surface area contributed by atoms with Crippen molar-refractivity contribution in [2.45, 2.75) is 57.9 Å². The summed E-state index contributed by atoms with van der Waals surface area (Å²) in [5.41, 5.74) is 1.86. The van der Waals surface area contributed by atoms with Crippen molar-refractivity contribution in [3.63, 3.8) is 0 Å². The van der Waals surface area contributed by atoms with Crippen LogP contribution >= 0.6 is 23.1 Å². The van der Waals surface area contributed by atoms with E-state index >= 15 is 0 Å². The van der Waals surface area contributed by atoms with E-state index in [1.807, 2.05) is 11.3 Å². The molecular weight excluding hydrogens is 322 g/mol. The first kappa shape index (κ1) is 16.7. The second-order valence-electron chi connectivity index (χ2n) is 7.28. The quantitative estimate of drug-likeness (QED) is 0.432. The van der Waals surface area contributed by atoms with Crippen molar-refractivity contribution in [2.24, 2.45) is 11.3 Å². The number of thioether (sulfide) groups is 1. The zero-order chi connectivity index (χ0) is 16.4. The van der Waals surface area contributed by atoms with Gasteiger partial charge in [-0.2, -0.15) is 5.26 Å². The zero-order valence-electron chi connectivity index (χ0n) is 14.1. The van der Waals surface area contributed by atoms with Gasteiger partial charge >= 0.3 is 0 Å². The number of unbranched alkanes of at least 4 members (excludes halogenated alkanes) is 1. The molecule has 2 aromatic heterocycles. The molecule has 23 heavy (non-hydrogen) atoms. The minimum atomic E-state index is 0.369. The number of hydrogen-bond acceptors (Lipinski definition) is 5. The normalized spacial score (nSPS) is 17.9. The molecule has 2 aromatic rings. The van der Waals surface area contributed by atoms with Crippen LogP contribution in [0.25, 0.3) is 10.2 Å². The third kappa shape index (κ3) is 3.54. The van der Waals surface area contributed by atoms with Crippen LogP contribution in [-0.2, 0) is 12.8 Å². The number of aromatic nitrogens is 2. The summed E-state index contributed by atoms with van der Waals surface area (Å²) in [6.45, 7) is 7.06. The van der Waals surface area contributed by atoms with Crippen molar-refractivity contribution < 1.29 is 0 Å². The lowest BCUT2D eigenvalue weighted by Gasteiger charge is -2.33. The largest absolute Gasteiger partial charge is 0.229 e. The lowest BCUT2D eigenvalue weighted by atomic mass is 9.72. The van der Waals surface area contributed by atoms with Gasteiger partial charge in [0.1, 0.15) is 16.2 Å². The van der Waals surface area contributed by atoms with Crippen molar-refractivity contribution in [3.8, 4) is 6.07 Å². The van der Waals surface area contributed by atoms with Crippen LogP contribution in [0.1, 0.15) is 50.5 Å².